The first-order valence-electron chi connectivity index (χ1n) is 9.48. The van der Waals surface area contributed by atoms with Crippen molar-refractivity contribution in [3.8, 4) is 0 Å². The lowest BCUT2D eigenvalue weighted by Crippen LogP contribution is -2.43. The van der Waals surface area contributed by atoms with Gasteiger partial charge in [-0.3, -0.25) is 9.69 Å². The summed E-state index contributed by atoms with van der Waals surface area (Å²) in [6.07, 6.45) is 0.977. The number of carbonyl (C=O) groups excluding carboxylic acids is 2. The van der Waals surface area contributed by atoms with Crippen LogP contribution >= 0.6 is 0 Å². The van der Waals surface area contributed by atoms with Gasteiger partial charge in [-0.15, -0.1) is 0 Å². The van der Waals surface area contributed by atoms with E-state index in [1.54, 1.807) is 0 Å². The van der Waals surface area contributed by atoms with E-state index in [9.17, 15) is 9.59 Å². The third-order valence-corrected chi connectivity index (χ3v) is 5.04. The van der Waals surface area contributed by atoms with Gasteiger partial charge in [-0.05, 0) is 29.9 Å². The second-order valence-electron chi connectivity index (χ2n) is 6.91. The molecule has 4 rings (SSSR count). The van der Waals surface area contributed by atoms with Crippen LogP contribution in [0.3, 0.4) is 0 Å². The lowest BCUT2D eigenvalue weighted by molar-refractivity contribution is -0.120. The zero-order chi connectivity index (χ0) is 19.3. The molecule has 5 nitrogen and oxygen atoms in total. The fraction of sp³-hybridized carbons (Fsp3) is 0.217. The van der Waals surface area contributed by atoms with Crippen LogP contribution < -0.4 is 5.32 Å². The topological polar surface area (TPSA) is 58.6 Å². The Kier molecular flexibility index (Phi) is 5.24. The summed E-state index contributed by atoms with van der Waals surface area (Å²) in [4.78, 5) is 26.9. The molecule has 3 aromatic carbocycles. The number of carbonyl (C=O) groups is 2. The second-order valence-corrected chi connectivity index (χ2v) is 6.91. The summed E-state index contributed by atoms with van der Waals surface area (Å²) in [6.45, 7) is 0.731. The molecule has 1 N–H and O–H groups in total. The Balaban J connectivity index is 1.43. The minimum Gasteiger partial charge on any atom is -0.445 e. The zero-order valence-corrected chi connectivity index (χ0v) is 15.5. The number of rotatable bonds is 4. The molecule has 3 aromatic rings. The van der Waals surface area contributed by atoms with Crippen LogP contribution in [0.5, 0.6) is 0 Å². The number of amides is 2. The van der Waals surface area contributed by atoms with E-state index in [1.165, 1.54) is 4.90 Å². The average molecular weight is 374 g/mol. The van der Waals surface area contributed by atoms with Gasteiger partial charge in [0.05, 0.1) is 0 Å². The lowest BCUT2D eigenvalue weighted by Gasteiger charge is -2.23. The summed E-state index contributed by atoms with van der Waals surface area (Å²) in [5, 5.41) is 5.04. The quantitative estimate of drug-likeness (QED) is 0.727. The Hall–Kier alpha value is -3.34. The van der Waals surface area contributed by atoms with Gasteiger partial charge in [-0.1, -0.05) is 66.7 Å². The standard InChI is InChI=1S/C23H22N2O3/c26-22(24-20-13-6-11-18-10-4-5-12-19(18)20)21-14-7-15-25(21)23(27)28-16-17-8-2-1-3-9-17/h1-6,8-13,21H,7,14-16H2,(H,24,26)/t21-/m0/s1. The fourth-order valence-electron chi connectivity index (χ4n) is 3.61. The number of ether oxygens (including phenoxy) is 1. The van der Waals surface area contributed by atoms with Crippen molar-refractivity contribution in [3.63, 3.8) is 0 Å². The first-order valence-corrected chi connectivity index (χ1v) is 9.48. The van der Waals surface area contributed by atoms with E-state index in [0.717, 1.165) is 28.4 Å². The molecule has 1 heterocycles. The molecular formula is C23H22N2O3. The number of hydrogen-bond donors (Lipinski definition) is 1. The van der Waals surface area contributed by atoms with Crippen molar-refractivity contribution < 1.29 is 14.3 Å². The van der Waals surface area contributed by atoms with Gasteiger partial charge in [0.2, 0.25) is 5.91 Å². The van der Waals surface area contributed by atoms with Crippen LogP contribution in [0.2, 0.25) is 0 Å². The largest absolute Gasteiger partial charge is 0.445 e. The SMILES string of the molecule is O=C(Nc1cccc2ccccc12)[C@@H]1CCCN1C(=O)OCc1ccccc1. The minimum absolute atomic E-state index is 0.175. The molecule has 0 saturated carbocycles. The predicted octanol–water partition coefficient (Wildman–Crippen LogP) is 4.58. The van der Waals surface area contributed by atoms with Crippen LogP contribution in [-0.2, 0) is 16.1 Å². The molecule has 0 radical (unpaired) electrons. The number of fused-ring (bicyclic) bond motifs is 1. The summed E-state index contributed by atoms with van der Waals surface area (Å²) in [5.74, 6) is -0.175. The Morgan fingerprint density at radius 2 is 1.71 bits per heavy atom. The van der Waals surface area contributed by atoms with Crippen molar-refractivity contribution in [1.82, 2.24) is 4.90 Å². The average Bonchev–Trinajstić information content (AvgIpc) is 3.23. The van der Waals surface area contributed by atoms with Crippen molar-refractivity contribution in [2.24, 2.45) is 0 Å². The summed E-state index contributed by atoms with van der Waals surface area (Å²) in [6, 6.07) is 22.7. The second kappa shape index (κ2) is 8.13. The van der Waals surface area contributed by atoms with Crippen molar-refractivity contribution in [3.05, 3.63) is 78.4 Å². The predicted molar refractivity (Wildman–Crippen MR) is 109 cm³/mol. The Morgan fingerprint density at radius 3 is 2.57 bits per heavy atom. The maximum Gasteiger partial charge on any atom is 0.410 e. The molecule has 5 heteroatoms. The van der Waals surface area contributed by atoms with Crippen LogP contribution in [-0.4, -0.2) is 29.5 Å². The monoisotopic (exact) mass is 374 g/mol. The van der Waals surface area contributed by atoms with Gasteiger partial charge < -0.3 is 10.1 Å². The molecule has 2 amide bonds. The van der Waals surface area contributed by atoms with E-state index in [0.29, 0.717) is 13.0 Å². The molecule has 142 valence electrons. The smallest absolute Gasteiger partial charge is 0.410 e. The molecule has 1 aliphatic heterocycles. The number of benzene rings is 3. The molecule has 0 unspecified atom stereocenters. The molecule has 1 atom stereocenters. The van der Waals surface area contributed by atoms with Crippen LogP contribution in [0.15, 0.2) is 72.8 Å². The number of anilines is 1. The summed E-state index contributed by atoms with van der Waals surface area (Å²) in [5.41, 5.74) is 1.68. The molecule has 1 aliphatic rings. The molecule has 1 saturated heterocycles. The van der Waals surface area contributed by atoms with Crippen LogP contribution in [0, 0.1) is 0 Å². The molecular weight excluding hydrogens is 352 g/mol. The van der Waals surface area contributed by atoms with Crippen LogP contribution in [0.25, 0.3) is 10.8 Å². The van der Waals surface area contributed by atoms with Gasteiger partial charge in [-0.25, -0.2) is 4.79 Å². The van der Waals surface area contributed by atoms with Crippen LogP contribution in [0.1, 0.15) is 18.4 Å². The zero-order valence-electron chi connectivity index (χ0n) is 15.5. The van der Waals surface area contributed by atoms with E-state index in [-0.39, 0.29) is 12.5 Å². The summed E-state index contributed by atoms with van der Waals surface area (Å²) in [7, 11) is 0. The highest BCUT2D eigenvalue weighted by Crippen LogP contribution is 2.25. The van der Waals surface area contributed by atoms with Gasteiger partial charge in [-0.2, -0.15) is 0 Å². The van der Waals surface area contributed by atoms with Crippen molar-refractivity contribution >= 4 is 28.5 Å². The third-order valence-electron chi connectivity index (χ3n) is 5.04. The molecule has 28 heavy (non-hydrogen) atoms. The van der Waals surface area contributed by atoms with Gasteiger partial charge >= 0.3 is 6.09 Å². The maximum atomic E-state index is 12.9. The van der Waals surface area contributed by atoms with Crippen molar-refractivity contribution in [2.75, 3.05) is 11.9 Å². The van der Waals surface area contributed by atoms with Crippen molar-refractivity contribution in [1.29, 1.82) is 0 Å². The molecule has 1 fully saturated rings. The summed E-state index contributed by atoms with van der Waals surface area (Å²) < 4.78 is 5.42. The number of hydrogen-bond acceptors (Lipinski definition) is 3. The molecule has 0 spiro atoms. The van der Waals surface area contributed by atoms with E-state index >= 15 is 0 Å². The first kappa shape index (κ1) is 18.0. The van der Waals surface area contributed by atoms with Gasteiger partial charge in [0.15, 0.2) is 0 Å². The Labute approximate surface area is 163 Å². The number of nitrogens with one attached hydrogen (secondary N) is 1. The maximum absolute atomic E-state index is 12.9. The molecule has 0 aromatic heterocycles. The first-order chi connectivity index (χ1) is 13.7. The summed E-state index contributed by atoms with van der Waals surface area (Å²) >= 11 is 0. The normalized spacial score (nSPS) is 16.1. The number of nitrogens with zero attached hydrogens (tertiary/aromatic N) is 1. The van der Waals surface area contributed by atoms with Gasteiger partial charge in [0.1, 0.15) is 12.6 Å². The van der Waals surface area contributed by atoms with E-state index in [1.807, 2.05) is 72.8 Å². The number of likely N-dealkylation sites (tertiary alicyclic amines) is 1. The van der Waals surface area contributed by atoms with E-state index in [2.05, 4.69) is 5.32 Å². The van der Waals surface area contributed by atoms with Crippen molar-refractivity contribution in [2.45, 2.75) is 25.5 Å². The molecule has 0 bridgehead atoms. The van der Waals surface area contributed by atoms with E-state index < -0.39 is 12.1 Å². The van der Waals surface area contributed by atoms with Gasteiger partial charge in [0, 0.05) is 17.6 Å². The van der Waals surface area contributed by atoms with Crippen LogP contribution in [0.4, 0.5) is 10.5 Å². The highest BCUT2D eigenvalue weighted by molar-refractivity contribution is 6.04. The van der Waals surface area contributed by atoms with E-state index in [4.69, 9.17) is 4.74 Å². The highest BCUT2D eigenvalue weighted by atomic mass is 16.6. The third kappa shape index (κ3) is 3.83. The highest BCUT2D eigenvalue weighted by Gasteiger charge is 2.35. The Morgan fingerprint density at radius 1 is 0.964 bits per heavy atom. The fourth-order valence-corrected chi connectivity index (χ4v) is 3.61. The Bertz CT molecular complexity index is 982. The van der Waals surface area contributed by atoms with Gasteiger partial charge in [0.25, 0.3) is 0 Å². The molecule has 0 aliphatic carbocycles. The minimum atomic E-state index is -0.512. The lowest BCUT2D eigenvalue weighted by atomic mass is 10.1.